The summed E-state index contributed by atoms with van der Waals surface area (Å²) in [6.45, 7) is 5.77. The highest BCUT2D eigenvalue weighted by atomic mass is 16.5. The lowest BCUT2D eigenvalue weighted by Crippen LogP contribution is -2.39. The molecule has 1 N–H and O–H groups in total. The molecule has 1 unspecified atom stereocenters. The Labute approximate surface area is 164 Å². The maximum absolute atomic E-state index is 12.9. The summed E-state index contributed by atoms with van der Waals surface area (Å²) < 4.78 is 7.16. The first-order chi connectivity index (χ1) is 13.5. The van der Waals surface area contributed by atoms with Gasteiger partial charge in [0.1, 0.15) is 5.75 Å². The van der Waals surface area contributed by atoms with E-state index in [1.807, 2.05) is 53.8 Å². The van der Waals surface area contributed by atoms with Gasteiger partial charge in [0, 0.05) is 31.1 Å². The molecule has 1 aromatic carbocycles. The number of fused-ring (bicyclic) bond motifs is 1. The Hall–Kier alpha value is -3.09. The molecule has 3 heterocycles. The van der Waals surface area contributed by atoms with Crippen LogP contribution in [-0.4, -0.2) is 44.2 Å². The van der Waals surface area contributed by atoms with Crippen molar-refractivity contribution < 1.29 is 9.53 Å². The molecule has 4 rings (SSSR count). The molecule has 0 fully saturated rings. The number of carbonyl (C=O) groups excluding carboxylic acids is 1. The van der Waals surface area contributed by atoms with E-state index >= 15 is 0 Å². The fourth-order valence-corrected chi connectivity index (χ4v) is 3.87. The molecule has 7 nitrogen and oxygen atoms in total. The number of benzene rings is 1. The standard InChI is InChI=1S/C21H25N5O2/c1-14-10-15(2)26(24-14)9-8-20(27)25-11-18(21-19(12-25)22-13-23-21)16-4-6-17(28-3)7-5-16/h4-7,10,13,18H,8-9,11-12H2,1-3H3,(H,22,23). The second-order valence-electron chi connectivity index (χ2n) is 7.27. The number of nitrogens with one attached hydrogen (secondary N) is 1. The highest BCUT2D eigenvalue weighted by Gasteiger charge is 2.31. The molecule has 3 aromatic rings. The number of amides is 1. The number of hydrogen-bond acceptors (Lipinski definition) is 4. The number of methoxy groups -OCH3 is 1. The molecule has 7 heteroatoms. The predicted octanol–water partition coefficient (Wildman–Crippen LogP) is 2.80. The zero-order chi connectivity index (χ0) is 19.7. The lowest BCUT2D eigenvalue weighted by atomic mass is 9.90. The molecule has 0 radical (unpaired) electrons. The third-order valence-electron chi connectivity index (χ3n) is 5.35. The van der Waals surface area contributed by atoms with Crippen LogP contribution in [0, 0.1) is 13.8 Å². The Morgan fingerprint density at radius 1 is 1.29 bits per heavy atom. The zero-order valence-electron chi connectivity index (χ0n) is 16.5. The SMILES string of the molecule is COc1ccc(C2CN(C(=O)CCn3nc(C)cc3C)Cc3[nH]cnc32)cc1. The number of aromatic amines is 1. The van der Waals surface area contributed by atoms with Crippen LogP contribution in [0.25, 0.3) is 0 Å². The van der Waals surface area contributed by atoms with E-state index in [-0.39, 0.29) is 11.8 Å². The Kier molecular flexibility index (Phi) is 4.90. The average Bonchev–Trinajstić information content (AvgIpc) is 3.30. The summed E-state index contributed by atoms with van der Waals surface area (Å²) in [5, 5.41) is 4.45. The second-order valence-corrected chi connectivity index (χ2v) is 7.27. The van der Waals surface area contributed by atoms with E-state index in [9.17, 15) is 4.79 Å². The molecule has 146 valence electrons. The molecule has 0 saturated heterocycles. The zero-order valence-corrected chi connectivity index (χ0v) is 16.5. The van der Waals surface area contributed by atoms with E-state index in [1.165, 1.54) is 0 Å². The van der Waals surface area contributed by atoms with Gasteiger partial charge in [0.2, 0.25) is 5.91 Å². The molecule has 1 aliphatic rings. The number of hydrogen-bond donors (Lipinski definition) is 1. The largest absolute Gasteiger partial charge is 0.497 e. The minimum absolute atomic E-state index is 0.0542. The molecule has 28 heavy (non-hydrogen) atoms. The maximum Gasteiger partial charge on any atom is 0.224 e. The van der Waals surface area contributed by atoms with Crippen molar-refractivity contribution in [3.05, 3.63) is 65.0 Å². The number of imidazole rings is 1. The molecular formula is C21H25N5O2. The number of H-pyrrole nitrogens is 1. The minimum Gasteiger partial charge on any atom is -0.497 e. The third-order valence-corrected chi connectivity index (χ3v) is 5.35. The van der Waals surface area contributed by atoms with Gasteiger partial charge in [0.25, 0.3) is 0 Å². The normalized spacial score (nSPS) is 16.1. The number of aryl methyl sites for hydroxylation is 3. The van der Waals surface area contributed by atoms with Gasteiger partial charge in [-0.15, -0.1) is 0 Å². The summed E-state index contributed by atoms with van der Waals surface area (Å²) in [5.41, 5.74) is 5.21. The first kappa shape index (κ1) is 18.3. The quantitative estimate of drug-likeness (QED) is 0.740. The number of carbonyl (C=O) groups is 1. The Morgan fingerprint density at radius 3 is 2.75 bits per heavy atom. The third kappa shape index (κ3) is 3.52. The number of ether oxygens (including phenoxy) is 1. The average molecular weight is 379 g/mol. The highest BCUT2D eigenvalue weighted by molar-refractivity contribution is 5.76. The van der Waals surface area contributed by atoms with Crippen molar-refractivity contribution in [1.29, 1.82) is 0 Å². The lowest BCUT2D eigenvalue weighted by molar-refractivity contribution is -0.132. The van der Waals surface area contributed by atoms with Crippen LogP contribution < -0.4 is 4.74 Å². The van der Waals surface area contributed by atoms with E-state index in [1.54, 1.807) is 13.4 Å². The van der Waals surface area contributed by atoms with Crippen molar-refractivity contribution in [1.82, 2.24) is 24.6 Å². The van der Waals surface area contributed by atoms with Gasteiger partial charge in [-0.05, 0) is 37.6 Å². The highest BCUT2D eigenvalue weighted by Crippen LogP contribution is 2.32. The summed E-state index contributed by atoms with van der Waals surface area (Å²) in [6, 6.07) is 10.0. The van der Waals surface area contributed by atoms with Crippen LogP contribution in [0.3, 0.4) is 0 Å². The molecule has 1 aliphatic heterocycles. The van der Waals surface area contributed by atoms with Crippen LogP contribution >= 0.6 is 0 Å². The Morgan fingerprint density at radius 2 is 2.07 bits per heavy atom. The summed E-state index contributed by atoms with van der Waals surface area (Å²) in [6.07, 6.45) is 2.14. The second kappa shape index (κ2) is 7.50. The smallest absolute Gasteiger partial charge is 0.224 e. The van der Waals surface area contributed by atoms with Crippen LogP contribution in [0.4, 0.5) is 0 Å². The Balaban J connectivity index is 1.51. The number of nitrogens with zero attached hydrogens (tertiary/aromatic N) is 4. The van der Waals surface area contributed by atoms with Gasteiger partial charge >= 0.3 is 0 Å². The van der Waals surface area contributed by atoms with Crippen molar-refractivity contribution in [2.24, 2.45) is 0 Å². The fraction of sp³-hybridized carbons (Fsp3) is 0.381. The van der Waals surface area contributed by atoms with Crippen LogP contribution in [0.1, 0.15) is 40.7 Å². The summed E-state index contributed by atoms with van der Waals surface area (Å²) in [4.78, 5) is 22.6. The van der Waals surface area contributed by atoms with Crippen LogP contribution in [0.2, 0.25) is 0 Å². The first-order valence-corrected chi connectivity index (χ1v) is 9.50. The number of aromatic nitrogens is 4. The van der Waals surface area contributed by atoms with Crippen molar-refractivity contribution in [2.45, 2.75) is 39.3 Å². The molecule has 0 spiro atoms. The van der Waals surface area contributed by atoms with Gasteiger partial charge in [0.15, 0.2) is 0 Å². The van der Waals surface area contributed by atoms with E-state index in [0.29, 0.717) is 26.1 Å². The van der Waals surface area contributed by atoms with E-state index in [0.717, 1.165) is 34.1 Å². The lowest BCUT2D eigenvalue weighted by Gasteiger charge is -2.32. The molecule has 0 aliphatic carbocycles. The van der Waals surface area contributed by atoms with E-state index in [2.05, 4.69) is 15.1 Å². The summed E-state index contributed by atoms with van der Waals surface area (Å²) in [7, 11) is 1.66. The number of rotatable bonds is 5. The van der Waals surface area contributed by atoms with Gasteiger partial charge in [-0.25, -0.2) is 4.98 Å². The Bertz CT molecular complexity index is 973. The molecule has 0 bridgehead atoms. The monoisotopic (exact) mass is 379 g/mol. The van der Waals surface area contributed by atoms with Gasteiger partial charge in [-0.2, -0.15) is 5.10 Å². The molecule has 2 aromatic heterocycles. The predicted molar refractivity (Wildman–Crippen MR) is 105 cm³/mol. The minimum atomic E-state index is 0.0542. The van der Waals surface area contributed by atoms with E-state index < -0.39 is 0 Å². The summed E-state index contributed by atoms with van der Waals surface area (Å²) >= 11 is 0. The molecule has 0 saturated carbocycles. The van der Waals surface area contributed by atoms with Gasteiger partial charge in [-0.3, -0.25) is 9.48 Å². The van der Waals surface area contributed by atoms with Crippen molar-refractivity contribution >= 4 is 5.91 Å². The van der Waals surface area contributed by atoms with E-state index in [4.69, 9.17) is 4.74 Å². The molecule has 1 atom stereocenters. The maximum atomic E-state index is 12.9. The first-order valence-electron chi connectivity index (χ1n) is 9.50. The molecular weight excluding hydrogens is 354 g/mol. The van der Waals surface area contributed by atoms with Gasteiger partial charge < -0.3 is 14.6 Å². The fourth-order valence-electron chi connectivity index (χ4n) is 3.87. The van der Waals surface area contributed by atoms with Crippen molar-refractivity contribution in [2.75, 3.05) is 13.7 Å². The summed E-state index contributed by atoms with van der Waals surface area (Å²) in [5.74, 6) is 1.00. The van der Waals surface area contributed by atoms with Crippen molar-refractivity contribution in [3.8, 4) is 5.75 Å². The van der Waals surface area contributed by atoms with Crippen molar-refractivity contribution in [3.63, 3.8) is 0 Å². The van der Waals surface area contributed by atoms with Crippen LogP contribution in [0.15, 0.2) is 36.7 Å². The molecule has 1 amide bonds. The van der Waals surface area contributed by atoms with Crippen LogP contribution in [0.5, 0.6) is 5.75 Å². The van der Waals surface area contributed by atoms with Gasteiger partial charge in [-0.1, -0.05) is 12.1 Å². The van der Waals surface area contributed by atoms with Crippen LogP contribution in [-0.2, 0) is 17.9 Å². The topological polar surface area (TPSA) is 76.0 Å². The van der Waals surface area contributed by atoms with Gasteiger partial charge in [0.05, 0.1) is 37.1 Å².